The lowest BCUT2D eigenvalue weighted by atomic mass is 9.99. The minimum atomic E-state index is -4.09. The van der Waals surface area contributed by atoms with E-state index in [1.54, 1.807) is 0 Å². The van der Waals surface area contributed by atoms with Crippen molar-refractivity contribution in [1.82, 2.24) is 24.7 Å². The molecule has 2 amide bonds. The first-order chi connectivity index (χ1) is 24.0. The lowest BCUT2D eigenvalue weighted by Gasteiger charge is -2.16. The van der Waals surface area contributed by atoms with E-state index in [1.165, 1.54) is 83.1 Å². The number of ether oxygens (including phenoxy) is 1. The van der Waals surface area contributed by atoms with Crippen LogP contribution in [0.5, 0.6) is 5.75 Å². The molecular formula is C34H36N8O6S2. The van der Waals surface area contributed by atoms with Gasteiger partial charge in [-0.25, -0.2) is 43.0 Å². The van der Waals surface area contributed by atoms with E-state index in [9.17, 15) is 21.6 Å². The number of fused-ring (bicyclic) bond motifs is 4. The Balaban J connectivity index is 0.000000146. The molecule has 0 saturated heterocycles. The lowest BCUT2D eigenvalue weighted by Crippen LogP contribution is -2.35. The Hall–Kier alpha value is -4.98. The summed E-state index contributed by atoms with van der Waals surface area (Å²) in [5.41, 5.74) is 11.1. The molecule has 4 aliphatic rings. The van der Waals surface area contributed by atoms with Crippen molar-refractivity contribution in [3.05, 3.63) is 93.6 Å². The van der Waals surface area contributed by atoms with E-state index in [1.807, 2.05) is 11.0 Å². The van der Waals surface area contributed by atoms with Gasteiger partial charge in [-0.15, -0.1) is 5.26 Å². The molecule has 0 atom stereocenters. The largest absolute Gasteiger partial charge is 0.387 e. The molecule has 0 fully saturated rings. The molecule has 0 saturated carbocycles. The van der Waals surface area contributed by atoms with Gasteiger partial charge in [0.1, 0.15) is 5.75 Å². The molecular weight excluding hydrogens is 681 g/mol. The number of aromatic nitrogens is 4. The van der Waals surface area contributed by atoms with Crippen LogP contribution in [0.15, 0.2) is 59.4 Å². The number of sulfonamides is 2. The molecule has 14 nitrogen and oxygen atoms in total. The van der Waals surface area contributed by atoms with Crippen molar-refractivity contribution in [2.45, 2.75) is 87.4 Å². The second-order valence-corrected chi connectivity index (χ2v) is 15.3. The molecule has 0 unspecified atom stereocenters. The first kappa shape index (κ1) is 34.9. The van der Waals surface area contributed by atoms with E-state index < -0.39 is 31.2 Å². The highest BCUT2D eigenvalue weighted by atomic mass is 32.2. The molecule has 2 aromatic heterocycles. The number of hydrogen-bond donors (Lipinski definition) is 3. The van der Waals surface area contributed by atoms with Crippen LogP contribution in [0.1, 0.15) is 70.2 Å². The molecule has 8 rings (SSSR count). The highest BCUT2D eigenvalue weighted by molar-refractivity contribution is 7.90. The quantitative estimate of drug-likeness (QED) is 0.200. The standard InChI is InChI=1S/C17H18N4O3S.C13H13NO.C4H5N3O2S/c22-16(21-25(23,24)17-18-8-3-9-19-17)20-15-13-6-1-4-11(13)10-12-5-2-7-14(12)15;14-8-15-13-11-5-1-3-9(11)7-10-4-2-6-12(10)13;5-10(8,9)4-6-2-1-3-7-4/h3,8-10H,1-2,4-7H2,(H2,20,21,22);7H,1-6H2;1-3H,(H2,5,8,9). The van der Waals surface area contributed by atoms with E-state index in [0.29, 0.717) is 0 Å². The van der Waals surface area contributed by atoms with Crippen molar-refractivity contribution >= 4 is 31.8 Å². The van der Waals surface area contributed by atoms with Gasteiger partial charge in [-0.05, 0) is 134 Å². The fraction of sp³-hybridized carbons (Fsp3) is 0.353. The maximum Gasteiger partial charge on any atom is 0.333 e. The summed E-state index contributed by atoms with van der Waals surface area (Å²) >= 11 is 0. The Morgan fingerprint density at radius 3 is 1.52 bits per heavy atom. The zero-order chi connectivity index (χ0) is 35.3. The number of rotatable bonds is 5. The van der Waals surface area contributed by atoms with E-state index in [2.05, 4.69) is 37.4 Å². The van der Waals surface area contributed by atoms with Crippen LogP contribution in [0.3, 0.4) is 0 Å². The van der Waals surface area contributed by atoms with Crippen molar-refractivity contribution in [2.24, 2.45) is 5.14 Å². The van der Waals surface area contributed by atoms with Crippen LogP contribution in [0, 0.1) is 11.5 Å². The lowest BCUT2D eigenvalue weighted by molar-refractivity contribution is 0.256. The van der Waals surface area contributed by atoms with Gasteiger partial charge in [-0.1, -0.05) is 12.1 Å². The summed E-state index contributed by atoms with van der Waals surface area (Å²) in [6.07, 6.45) is 20.0. The van der Waals surface area contributed by atoms with Gasteiger partial charge < -0.3 is 10.1 Å². The van der Waals surface area contributed by atoms with Crippen LogP contribution < -0.4 is 19.9 Å². The highest BCUT2D eigenvalue weighted by Crippen LogP contribution is 2.40. The number of carbonyl (C=O) groups excluding carboxylic acids is 1. The molecule has 0 spiro atoms. The predicted molar refractivity (Wildman–Crippen MR) is 182 cm³/mol. The van der Waals surface area contributed by atoms with Gasteiger partial charge in [0, 0.05) is 30.5 Å². The fourth-order valence-corrected chi connectivity index (χ4v) is 8.26. The van der Waals surface area contributed by atoms with Crippen molar-refractivity contribution in [2.75, 3.05) is 5.32 Å². The molecule has 4 aliphatic carbocycles. The second kappa shape index (κ2) is 14.9. The summed E-state index contributed by atoms with van der Waals surface area (Å²) in [6, 6.07) is 6.84. The molecule has 2 heterocycles. The van der Waals surface area contributed by atoms with Gasteiger partial charge >= 0.3 is 16.1 Å². The Morgan fingerprint density at radius 1 is 0.680 bits per heavy atom. The van der Waals surface area contributed by atoms with Gasteiger partial charge in [0.25, 0.3) is 26.6 Å². The molecule has 0 aliphatic heterocycles. The zero-order valence-electron chi connectivity index (χ0n) is 27.2. The topological polar surface area (TPSA) is 220 Å². The molecule has 16 heteroatoms. The van der Waals surface area contributed by atoms with Crippen LogP contribution in [0.2, 0.25) is 0 Å². The Kier molecular flexibility index (Phi) is 10.4. The molecule has 0 bridgehead atoms. The SMILES string of the molecule is N#COc1c2c(cc3c1CCC3)CCC2.NS(=O)(=O)c1ncccn1.O=C(Nc1c2c(cc3c1CCC3)CCC2)NS(=O)(=O)c1ncccn1. The van der Waals surface area contributed by atoms with Crippen molar-refractivity contribution in [3.8, 4) is 12.0 Å². The van der Waals surface area contributed by atoms with Gasteiger partial charge in [-0.3, -0.25) is 0 Å². The van der Waals surface area contributed by atoms with Crippen LogP contribution in [-0.4, -0.2) is 42.8 Å². The van der Waals surface area contributed by atoms with Crippen molar-refractivity contribution < 1.29 is 26.4 Å². The number of urea groups is 1. The molecule has 4 N–H and O–H groups in total. The molecule has 0 radical (unpaired) electrons. The first-order valence-electron chi connectivity index (χ1n) is 16.3. The van der Waals surface area contributed by atoms with E-state index >= 15 is 0 Å². The number of hydrogen-bond acceptors (Lipinski definition) is 11. The smallest absolute Gasteiger partial charge is 0.333 e. The summed E-state index contributed by atoms with van der Waals surface area (Å²) in [5, 5.41) is 15.4. The third-order valence-electron chi connectivity index (χ3n) is 9.08. The third-order valence-corrected chi connectivity index (χ3v) is 10.9. The van der Waals surface area contributed by atoms with E-state index in [4.69, 9.17) is 15.1 Å². The molecule has 2 aromatic carbocycles. The predicted octanol–water partition coefficient (Wildman–Crippen LogP) is 3.61. The average molecular weight is 717 g/mol. The summed E-state index contributed by atoms with van der Waals surface area (Å²) in [5.74, 6) is 0.903. The second-order valence-electron chi connectivity index (χ2n) is 12.3. The summed E-state index contributed by atoms with van der Waals surface area (Å²) in [6.45, 7) is 0. The maximum atomic E-state index is 12.3. The number of carbonyl (C=O) groups is 1. The maximum absolute atomic E-state index is 12.3. The number of nitriles is 1. The van der Waals surface area contributed by atoms with Crippen molar-refractivity contribution in [3.63, 3.8) is 0 Å². The number of nitrogens with zero attached hydrogens (tertiary/aromatic N) is 5. The first-order valence-corrected chi connectivity index (χ1v) is 19.4. The van der Waals surface area contributed by atoms with Crippen LogP contribution in [0.25, 0.3) is 0 Å². The van der Waals surface area contributed by atoms with E-state index in [-0.39, 0.29) is 5.16 Å². The Labute approximate surface area is 290 Å². The number of nitrogens with two attached hydrogens (primary N) is 1. The van der Waals surface area contributed by atoms with Gasteiger partial charge in [-0.2, -0.15) is 8.42 Å². The number of benzene rings is 2. The minimum Gasteiger partial charge on any atom is -0.387 e. The monoisotopic (exact) mass is 716 g/mol. The molecule has 4 aromatic rings. The Bertz CT molecular complexity index is 2110. The van der Waals surface area contributed by atoms with Crippen LogP contribution in [0.4, 0.5) is 10.5 Å². The van der Waals surface area contributed by atoms with E-state index in [0.717, 1.165) is 86.8 Å². The number of amides is 2. The average Bonchev–Trinajstić information content (AvgIpc) is 3.93. The minimum absolute atomic E-state index is 0.352. The number of nitrogens with one attached hydrogen (secondary N) is 2. The molecule has 50 heavy (non-hydrogen) atoms. The van der Waals surface area contributed by atoms with Gasteiger partial charge in [0.15, 0.2) is 0 Å². The van der Waals surface area contributed by atoms with Crippen LogP contribution in [-0.2, 0) is 71.4 Å². The summed E-state index contributed by atoms with van der Waals surface area (Å²) in [7, 11) is -7.82. The number of anilines is 1. The van der Waals surface area contributed by atoms with Gasteiger partial charge in [0.2, 0.25) is 0 Å². The summed E-state index contributed by atoms with van der Waals surface area (Å²) < 4.78 is 52.6. The Morgan fingerprint density at radius 2 is 1.10 bits per heavy atom. The van der Waals surface area contributed by atoms with Gasteiger partial charge in [0.05, 0.1) is 0 Å². The third kappa shape index (κ3) is 7.75. The van der Waals surface area contributed by atoms with Crippen LogP contribution >= 0.6 is 0 Å². The summed E-state index contributed by atoms with van der Waals surface area (Å²) in [4.78, 5) is 26.6. The highest BCUT2D eigenvalue weighted by Gasteiger charge is 2.28. The fourth-order valence-electron chi connectivity index (χ4n) is 7.06. The zero-order valence-corrected chi connectivity index (χ0v) is 28.8. The molecule has 260 valence electrons. The number of primary sulfonamides is 1. The number of aryl methyl sites for hydroxylation is 4. The van der Waals surface area contributed by atoms with Crippen molar-refractivity contribution in [1.29, 1.82) is 5.26 Å². The normalized spacial score (nSPS) is 15.1.